The van der Waals surface area contributed by atoms with E-state index in [2.05, 4.69) is 15.2 Å². The third kappa shape index (κ3) is 3.90. The van der Waals surface area contributed by atoms with Crippen LogP contribution in [0.5, 0.6) is 5.75 Å². The number of benzene rings is 3. The van der Waals surface area contributed by atoms with E-state index in [9.17, 15) is 4.39 Å². The predicted octanol–water partition coefficient (Wildman–Crippen LogP) is 5.01. The number of nitrogens with zero attached hydrogens (tertiary/aromatic N) is 4. The average molecular weight is 414 g/mol. The minimum absolute atomic E-state index is 0.245. The quantitative estimate of drug-likeness (QED) is 0.391. The molecule has 6 nitrogen and oxygen atoms in total. The normalized spacial score (nSPS) is 11.2. The van der Waals surface area contributed by atoms with Gasteiger partial charge in [0.05, 0.1) is 18.1 Å². The first-order valence-corrected chi connectivity index (χ1v) is 9.88. The Morgan fingerprint density at radius 2 is 1.84 bits per heavy atom. The van der Waals surface area contributed by atoms with Gasteiger partial charge in [0.2, 0.25) is 11.8 Å². The van der Waals surface area contributed by atoms with Crippen LogP contribution in [-0.4, -0.2) is 26.9 Å². The monoisotopic (exact) mass is 414 g/mol. The highest BCUT2D eigenvalue weighted by Gasteiger charge is 2.12. The van der Waals surface area contributed by atoms with Crippen molar-refractivity contribution in [3.63, 3.8) is 0 Å². The molecule has 0 aliphatic heterocycles. The lowest BCUT2D eigenvalue weighted by Crippen LogP contribution is -1.92. The van der Waals surface area contributed by atoms with Gasteiger partial charge in [-0.05, 0) is 66.6 Å². The second-order valence-corrected chi connectivity index (χ2v) is 7.15. The molecule has 0 bridgehead atoms. The van der Waals surface area contributed by atoms with Crippen LogP contribution in [0.1, 0.15) is 11.5 Å². The van der Waals surface area contributed by atoms with E-state index < -0.39 is 0 Å². The van der Waals surface area contributed by atoms with Gasteiger partial charge in [-0.15, -0.1) is 10.2 Å². The molecular formula is C24H19FN4O2. The van der Waals surface area contributed by atoms with Crippen LogP contribution in [0, 0.1) is 5.82 Å². The minimum atomic E-state index is -0.245. The van der Waals surface area contributed by atoms with E-state index in [0.29, 0.717) is 24.6 Å². The van der Waals surface area contributed by atoms with Crippen LogP contribution < -0.4 is 4.74 Å². The Bertz CT molecular complexity index is 1340. The molecule has 0 radical (unpaired) electrons. The summed E-state index contributed by atoms with van der Waals surface area (Å²) in [5, 5.41) is 8.35. The van der Waals surface area contributed by atoms with Crippen LogP contribution in [0.4, 0.5) is 4.39 Å². The van der Waals surface area contributed by atoms with Gasteiger partial charge in [0.15, 0.2) is 0 Å². The molecule has 2 aromatic heterocycles. The molecule has 0 fully saturated rings. The van der Waals surface area contributed by atoms with E-state index in [1.54, 1.807) is 19.5 Å². The van der Waals surface area contributed by atoms with Crippen molar-refractivity contribution in [1.82, 2.24) is 19.7 Å². The summed E-state index contributed by atoms with van der Waals surface area (Å²) in [5.74, 6) is 1.51. The maximum Gasteiger partial charge on any atom is 0.247 e. The topological polar surface area (TPSA) is 66.0 Å². The van der Waals surface area contributed by atoms with E-state index in [0.717, 1.165) is 33.6 Å². The van der Waals surface area contributed by atoms with Crippen molar-refractivity contribution in [3.8, 4) is 22.9 Å². The number of fused-ring (bicyclic) bond motifs is 1. The van der Waals surface area contributed by atoms with Gasteiger partial charge in [-0.25, -0.2) is 9.37 Å². The van der Waals surface area contributed by atoms with Crippen molar-refractivity contribution in [3.05, 3.63) is 90.3 Å². The van der Waals surface area contributed by atoms with E-state index in [4.69, 9.17) is 9.15 Å². The fourth-order valence-corrected chi connectivity index (χ4v) is 3.50. The molecule has 3 aromatic carbocycles. The summed E-state index contributed by atoms with van der Waals surface area (Å²) >= 11 is 0. The van der Waals surface area contributed by atoms with E-state index in [-0.39, 0.29) is 5.82 Å². The molecule has 0 aliphatic carbocycles. The molecule has 0 saturated carbocycles. The zero-order chi connectivity index (χ0) is 21.2. The van der Waals surface area contributed by atoms with Crippen LogP contribution in [0.25, 0.3) is 28.2 Å². The lowest BCUT2D eigenvalue weighted by Gasteiger charge is -2.06. The summed E-state index contributed by atoms with van der Waals surface area (Å²) < 4.78 is 26.4. The Morgan fingerprint density at radius 3 is 2.65 bits per heavy atom. The van der Waals surface area contributed by atoms with Crippen LogP contribution >= 0.6 is 0 Å². The minimum Gasteiger partial charge on any atom is -0.497 e. The molecule has 0 aliphatic rings. The molecule has 0 saturated heterocycles. The molecule has 0 amide bonds. The Balaban J connectivity index is 1.40. The second kappa shape index (κ2) is 8.02. The SMILES string of the molecule is COc1ccc(-n2cnc3ccc(-c4nnc(CCc5cccc(F)c5)o4)cc32)cc1. The van der Waals surface area contributed by atoms with Gasteiger partial charge < -0.3 is 9.15 Å². The third-order valence-electron chi connectivity index (χ3n) is 5.13. The highest BCUT2D eigenvalue weighted by atomic mass is 19.1. The van der Waals surface area contributed by atoms with Gasteiger partial charge in [-0.3, -0.25) is 4.57 Å². The molecule has 0 N–H and O–H groups in total. The molecule has 5 aromatic rings. The summed E-state index contributed by atoms with van der Waals surface area (Å²) in [6, 6.07) is 20.1. The average Bonchev–Trinajstić information content (AvgIpc) is 3.45. The number of halogens is 1. The largest absolute Gasteiger partial charge is 0.497 e. The fourth-order valence-electron chi connectivity index (χ4n) is 3.50. The first kappa shape index (κ1) is 19.0. The summed E-state index contributed by atoms with van der Waals surface area (Å²) in [6.07, 6.45) is 2.96. The summed E-state index contributed by atoms with van der Waals surface area (Å²) in [6.45, 7) is 0. The maximum atomic E-state index is 13.3. The number of methoxy groups -OCH3 is 1. The van der Waals surface area contributed by atoms with Crippen molar-refractivity contribution >= 4 is 11.0 Å². The van der Waals surface area contributed by atoms with E-state index in [1.807, 2.05) is 53.1 Å². The van der Waals surface area contributed by atoms with Gasteiger partial charge in [-0.2, -0.15) is 0 Å². The van der Waals surface area contributed by atoms with Gasteiger partial charge in [0, 0.05) is 17.7 Å². The Morgan fingerprint density at radius 1 is 0.968 bits per heavy atom. The molecule has 154 valence electrons. The van der Waals surface area contributed by atoms with Crippen LogP contribution in [0.15, 0.2) is 77.5 Å². The highest BCUT2D eigenvalue weighted by Crippen LogP contribution is 2.26. The highest BCUT2D eigenvalue weighted by molar-refractivity contribution is 5.82. The van der Waals surface area contributed by atoms with Crippen LogP contribution in [0.3, 0.4) is 0 Å². The smallest absolute Gasteiger partial charge is 0.247 e. The lowest BCUT2D eigenvalue weighted by molar-refractivity contribution is 0.415. The Hall–Kier alpha value is -4.00. The summed E-state index contributed by atoms with van der Waals surface area (Å²) in [4.78, 5) is 4.48. The maximum absolute atomic E-state index is 13.3. The molecule has 0 atom stereocenters. The predicted molar refractivity (Wildman–Crippen MR) is 115 cm³/mol. The third-order valence-corrected chi connectivity index (χ3v) is 5.13. The first-order valence-electron chi connectivity index (χ1n) is 9.88. The van der Waals surface area contributed by atoms with Crippen molar-refractivity contribution < 1.29 is 13.5 Å². The number of ether oxygens (including phenoxy) is 1. The van der Waals surface area contributed by atoms with Crippen LogP contribution in [-0.2, 0) is 12.8 Å². The second-order valence-electron chi connectivity index (χ2n) is 7.15. The fraction of sp³-hybridized carbons (Fsp3) is 0.125. The van der Waals surface area contributed by atoms with Crippen molar-refractivity contribution in [2.45, 2.75) is 12.8 Å². The van der Waals surface area contributed by atoms with Gasteiger partial charge >= 0.3 is 0 Å². The van der Waals surface area contributed by atoms with Crippen molar-refractivity contribution in [1.29, 1.82) is 0 Å². The van der Waals surface area contributed by atoms with Gasteiger partial charge in [0.1, 0.15) is 17.9 Å². The standard InChI is InChI=1S/C24H19FN4O2/c1-30-20-9-7-19(8-10-20)29-15-26-21-11-6-17(14-22(21)29)24-28-27-23(31-24)12-5-16-3-2-4-18(25)13-16/h2-4,6-11,13-15H,5,12H2,1H3. The molecular weight excluding hydrogens is 395 g/mol. The number of imidazole rings is 1. The first-order chi connectivity index (χ1) is 15.2. The molecule has 5 rings (SSSR count). The van der Waals surface area contributed by atoms with Crippen LogP contribution in [0.2, 0.25) is 0 Å². The molecule has 0 unspecified atom stereocenters. The molecule has 31 heavy (non-hydrogen) atoms. The lowest BCUT2D eigenvalue weighted by atomic mass is 10.1. The van der Waals surface area contributed by atoms with E-state index in [1.165, 1.54) is 12.1 Å². The number of aromatic nitrogens is 4. The zero-order valence-electron chi connectivity index (χ0n) is 16.8. The molecule has 2 heterocycles. The molecule has 0 spiro atoms. The summed E-state index contributed by atoms with van der Waals surface area (Å²) in [7, 11) is 1.64. The van der Waals surface area contributed by atoms with Gasteiger partial charge in [-0.1, -0.05) is 12.1 Å². The number of rotatable bonds is 6. The van der Waals surface area contributed by atoms with Gasteiger partial charge in [0.25, 0.3) is 0 Å². The summed E-state index contributed by atoms with van der Waals surface area (Å²) in [5.41, 5.74) is 4.48. The zero-order valence-corrected chi connectivity index (χ0v) is 16.8. The Labute approximate surface area is 177 Å². The Kier molecular flexibility index (Phi) is 4.92. The van der Waals surface area contributed by atoms with Crippen molar-refractivity contribution in [2.75, 3.05) is 7.11 Å². The number of hydrogen-bond acceptors (Lipinski definition) is 5. The van der Waals surface area contributed by atoms with Crippen molar-refractivity contribution in [2.24, 2.45) is 0 Å². The molecule has 7 heteroatoms. The number of aryl methyl sites for hydroxylation is 2. The number of hydrogen-bond donors (Lipinski definition) is 0. The van der Waals surface area contributed by atoms with E-state index >= 15 is 0 Å².